The van der Waals surface area contributed by atoms with Crippen molar-refractivity contribution in [1.82, 2.24) is 0 Å². The lowest BCUT2D eigenvalue weighted by atomic mass is 9.97. The number of carbonyl (C=O) groups excluding carboxylic acids is 1. The minimum Gasteiger partial charge on any atom is -0.489 e. The van der Waals surface area contributed by atoms with E-state index in [1.165, 1.54) is 6.92 Å². The molecule has 194 valence electrons. The molecule has 0 spiro atoms. The van der Waals surface area contributed by atoms with Crippen molar-refractivity contribution in [3.05, 3.63) is 88.7 Å². The Morgan fingerprint density at radius 2 is 1.92 bits per heavy atom. The molecule has 0 saturated heterocycles. The highest BCUT2D eigenvalue weighted by Gasteiger charge is 2.15. The molecule has 0 aliphatic heterocycles. The fourth-order valence-corrected chi connectivity index (χ4v) is 4.27. The van der Waals surface area contributed by atoms with E-state index in [0.717, 1.165) is 50.1 Å². The van der Waals surface area contributed by atoms with Crippen molar-refractivity contribution < 1.29 is 27.8 Å². The molecule has 2 N–H and O–H groups in total. The van der Waals surface area contributed by atoms with Crippen LogP contribution >= 0.6 is 0 Å². The summed E-state index contributed by atoms with van der Waals surface area (Å²) in [6, 6.07) is 18.9. The van der Waals surface area contributed by atoms with Gasteiger partial charge in [0.15, 0.2) is 0 Å². The summed E-state index contributed by atoms with van der Waals surface area (Å²) in [5, 5.41) is 0.919. The number of rotatable bonds is 11. The van der Waals surface area contributed by atoms with Crippen molar-refractivity contribution in [2.75, 3.05) is 20.4 Å². The molecule has 0 aliphatic rings. The SMILES string of the molecule is COCc1cc2cc(COc3cc(C)ccc3CCOC(C)=O)cc(-c3cccc(C(N)CF)c3)c2o1. The standard InChI is InChI=1S/C30H32FNO5/c1-19-7-8-22(9-10-35-20(2)33)29(11-19)36-17-21-12-25-15-26(18-34-3)37-30(25)27(13-21)23-5-4-6-24(14-23)28(32)16-31/h4-8,11-15,28H,9-10,16-18,32H2,1-3H3. The van der Waals surface area contributed by atoms with Crippen LogP contribution in [0.25, 0.3) is 22.1 Å². The van der Waals surface area contributed by atoms with Gasteiger partial charge in [0, 0.05) is 31.4 Å². The van der Waals surface area contributed by atoms with Crippen LogP contribution in [0.4, 0.5) is 4.39 Å². The minimum absolute atomic E-state index is 0.291. The smallest absolute Gasteiger partial charge is 0.302 e. The summed E-state index contributed by atoms with van der Waals surface area (Å²) in [6.45, 7) is 3.73. The van der Waals surface area contributed by atoms with Crippen LogP contribution in [0.5, 0.6) is 5.75 Å². The molecule has 4 aromatic rings. The highest BCUT2D eigenvalue weighted by Crippen LogP contribution is 2.34. The molecule has 37 heavy (non-hydrogen) atoms. The number of ether oxygens (including phenoxy) is 3. The normalized spacial score (nSPS) is 12.0. The minimum atomic E-state index is -0.686. The third kappa shape index (κ3) is 6.56. The first-order valence-electron chi connectivity index (χ1n) is 12.2. The maximum absolute atomic E-state index is 13.3. The number of halogens is 1. The van der Waals surface area contributed by atoms with Crippen LogP contribution in [0, 0.1) is 6.92 Å². The van der Waals surface area contributed by atoms with Gasteiger partial charge in [0.05, 0.1) is 12.6 Å². The van der Waals surface area contributed by atoms with Crippen molar-refractivity contribution in [2.24, 2.45) is 5.73 Å². The Balaban J connectivity index is 1.68. The van der Waals surface area contributed by atoms with Crippen LogP contribution in [0.3, 0.4) is 0 Å². The number of furan rings is 1. The van der Waals surface area contributed by atoms with Gasteiger partial charge in [-0.3, -0.25) is 4.79 Å². The third-order valence-corrected chi connectivity index (χ3v) is 6.10. The maximum atomic E-state index is 13.3. The predicted molar refractivity (Wildman–Crippen MR) is 141 cm³/mol. The summed E-state index contributed by atoms with van der Waals surface area (Å²) in [7, 11) is 1.62. The summed E-state index contributed by atoms with van der Waals surface area (Å²) in [5.74, 6) is 1.15. The number of aryl methyl sites for hydroxylation is 1. The van der Waals surface area contributed by atoms with E-state index in [2.05, 4.69) is 0 Å². The van der Waals surface area contributed by atoms with Crippen LogP contribution in [0.1, 0.15) is 41.0 Å². The first-order chi connectivity index (χ1) is 17.9. The number of hydrogen-bond acceptors (Lipinski definition) is 6. The number of methoxy groups -OCH3 is 1. The number of carbonyl (C=O) groups is 1. The van der Waals surface area contributed by atoms with E-state index in [1.807, 2.05) is 67.6 Å². The monoisotopic (exact) mass is 505 g/mol. The van der Waals surface area contributed by atoms with Crippen molar-refractivity contribution in [3.63, 3.8) is 0 Å². The quantitative estimate of drug-likeness (QED) is 0.244. The van der Waals surface area contributed by atoms with Crippen molar-refractivity contribution in [2.45, 2.75) is 39.5 Å². The average Bonchev–Trinajstić information content (AvgIpc) is 3.30. The number of hydrogen-bond donors (Lipinski definition) is 1. The van der Waals surface area contributed by atoms with Gasteiger partial charge in [0.25, 0.3) is 0 Å². The van der Waals surface area contributed by atoms with Gasteiger partial charge in [-0.15, -0.1) is 0 Å². The second-order valence-electron chi connectivity index (χ2n) is 9.08. The fourth-order valence-electron chi connectivity index (χ4n) is 4.27. The van der Waals surface area contributed by atoms with E-state index in [-0.39, 0.29) is 5.97 Å². The lowest BCUT2D eigenvalue weighted by Gasteiger charge is -2.14. The Kier molecular flexibility index (Phi) is 8.58. The molecule has 0 bridgehead atoms. The Morgan fingerprint density at radius 1 is 1.08 bits per heavy atom. The molecule has 6 nitrogen and oxygen atoms in total. The fraction of sp³-hybridized carbons (Fsp3) is 0.300. The van der Waals surface area contributed by atoms with Crippen LogP contribution < -0.4 is 10.5 Å². The lowest BCUT2D eigenvalue weighted by Crippen LogP contribution is -2.11. The number of fused-ring (bicyclic) bond motifs is 1. The van der Waals surface area contributed by atoms with E-state index in [1.54, 1.807) is 7.11 Å². The van der Waals surface area contributed by atoms with Gasteiger partial charge < -0.3 is 24.4 Å². The molecule has 0 fully saturated rings. The molecular formula is C30H32FNO5. The third-order valence-electron chi connectivity index (χ3n) is 6.10. The van der Waals surface area contributed by atoms with Gasteiger partial charge in [-0.2, -0.15) is 0 Å². The maximum Gasteiger partial charge on any atom is 0.302 e. The van der Waals surface area contributed by atoms with E-state index >= 15 is 0 Å². The molecule has 0 saturated carbocycles. The second-order valence-corrected chi connectivity index (χ2v) is 9.08. The van der Waals surface area contributed by atoms with Crippen molar-refractivity contribution >= 4 is 16.9 Å². The topological polar surface area (TPSA) is 83.9 Å². The molecule has 0 amide bonds. The van der Waals surface area contributed by atoms with Crippen LogP contribution in [-0.2, 0) is 33.9 Å². The van der Waals surface area contributed by atoms with Gasteiger partial charge in [-0.25, -0.2) is 4.39 Å². The zero-order chi connectivity index (χ0) is 26.4. The number of nitrogens with two attached hydrogens (primary N) is 1. The number of alkyl halides is 1. The van der Waals surface area contributed by atoms with Crippen molar-refractivity contribution in [1.29, 1.82) is 0 Å². The largest absolute Gasteiger partial charge is 0.489 e. The van der Waals surface area contributed by atoms with Crippen molar-refractivity contribution in [3.8, 4) is 16.9 Å². The molecule has 7 heteroatoms. The van der Waals surface area contributed by atoms with E-state index in [9.17, 15) is 9.18 Å². The Labute approximate surface area is 216 Å². The Hall–Kier alpha value is -3.68. The molecule has 1 unspecified atom stereocenters. The number of esters is 1. The number of benzene rings is 3. The predicted octanol–water partition coefficient (Wildman–Crippen LogP) is 6.21. The molecule has 0 radical (unpaired) electrons. The first kappa shape index (κ1) is 26.4. The average molecular weight is 506 g/mol. The summed E-state index contributed by atoms with van der Waals surface area (Å²) >= 11 is 0. The second kappa shape index (κ2) is 12.0. The highest BCUT2D eigenvalue weighted by molar-refractivity contribution is 5.93. The molecule has 1 atom stereocenters. The lowest BCUT2D eigenvalue weighted by molar-refractivity contribution is -0.140. The van der Waals surface area contributed by atoms with E-state index in [4.69, 9.17) is 24.4 Å². The summed E-state index contributed by atoms with van der Waals surface area (Å²) < 4.78 is 36.0. The molecule has 4 rings (SSSR count). The van der Waals surface area contributed by atoms with Gasteiger partial charge >= 0.3 is 5.97 Å². The molecule has 3 aromatic carbocycles. The van der Waals surface area contributed by atoms with Crippen LogP contribution in [0.2, 0.25) is 0 Å². The molecule has 1 aromatic heterocycles. The van der Waals surface area contributed by atoms with Gasteiger partial charge in [-0.1, -0.05) is 30.3 Å². The Bertz CT molecular complexity index is 1380. The summed E-state index contributed by atoms with van der Waals surface area (Å²) in [6.07, 6.45) is 0.559. The van der Waals surface area contributed by atoms with Crippen LogP contribution in [0.15, 0.2) is 65.1 Å². The summed E-state index contributed by atoms with van der Waals surface area (Å²) in [5.41, 5.74) is 12.1. The zero-order valence-electron chi connectivity index (χ0n) is 21.4. The zero-order valence-corrected chi connectivity index (χ0v) is 21.4. The van der Waals surface area contributed by atoms with Gasteiger partial charge in [0.2, 0.25) is 0 Å². The van der Waals surface area contributed by atoms with E-state index < -0.39 is 12.7 Å². The van der Waals surface area contributed by atoms with E-state index in [0.29, 0.717) is 32.0 Å². The van der Waals surface area contributed by atoms with Crippen LogP contribution in [-0.4, -0.2) is 26.4 Å². The first-order valence-corrected chi connectivity index (χ1v) is 12.2. The summed E-state index contributed by atoms with van der Waals surface area (Å²) in [4.78, 5) is 11.2. The molecule has 1 heterocycles. The van der Waals surface area contributed by atoms with Gasteiger partial charge in [-0.05, 0) is 65.1 Å². The van der Waals surface area contributed by atoms with Gasteiger partial charge in [0.1, 0.15) is 37.0 Å². The molecule has 0 aliphatic carbocycles. The Morgan fingerprint density at radius 3 is 2.68 bits per heavy atom. The highest BCUT2D eigenvalue weighted by atomic mass is 19.1. The molecular weight excluding hydrogens is 473 g/mol.